The summed E-state index contributed by atoms with van der Waals surface area (Å²) >= 11 is 1.28. The Morgan fingerprint density at radius 1 is 0.972 bits per heavy atom. The molecule has 0 atom stereocenters. The van der Waals surface area contributed by atoms with Gasteiger partial charge in [0.15, 0.2) is 0 Å². The molecule has 8 heteroatoms. The zero-order chi connectivity index (χ0) is 25.5. The van der Waals surface area contributed by atoms with Crippen molar-refractivity contribution < 1.29 is 14.3 Å². The Kier molecular flexibility index (Phi) is 7.63. The van der Waals surface area contributed by atoms with Crippen LogP contribution in [-0.2, 0) is 10.5 Å². The van der Waals surface area contributed by atoms with E-state index in [2.05, 4.69) is 16.4 Å². The van der Waals surface area contributed by atoms with E-state index in [1.807, 2.05) is 24.3 Å². The Morgan fingerprint density at radius 2 is 1.72 bits per heavy atom. The van der Waals surface area contributed by atoms with Gasteiger partial charge in [-0.2, -0.15) is 5.26 Å². The lowest BCUT2D eigenvalue weighted by Gasteiger charge is -2.11. The highest BCUT2D eigenvalue weighted by atomic mass is 32.2. The number of rotatable bonds is 7. The third-order valence-electron chi connectivity index (χ3n) is 5.32. The Bertz CT molecular complexity index is 1520. The van der Waals surface area contributed by atoms with Gasteiger partial charge in [0.05, 0.1) is 23.3 Å². The summed E-state index contributed by atoms with van der Waals surface area (Å²) in [6.45, 7) is 0. The van der Waals surface area contributed by atoms with E-state index in [-0.39, 0.29) is 11.5 Å². The second-order valence-corrected chi connectivity index (χ2v) is 8.73. The molecule has 0 aliphatic carbocycles. The number of H-pyrrole nitrogens is 1. The van der Waals surface area contributed by atoms with Gasteiger partial charge in [0.25, 0.3) is 5.91 Å². The number of carbonyl (C=O) groups excluding carboxylic acids is 2. The van der Waals surface area contributed by atoms with E-state index in [0.29, 0.717) is 44.3 Å². The smallest absolute Gasteiger partial charge is 0.337 e. The maximum absolute atomic E-state index is 12.8. The van der Waals surface area contributed by atoms with E-state index >= 15 is 0 Å². The zero-order valence-electron chi connectivity index (χ0n) is 19.3. The summed E-state index contributed by atoms with van der Waals surface area (Å²) < 4.78 is 4.77. The molecule has 1 amide bonds. The number of ether oxygens (including phenoxy) is 1. The predicted octanol–water partition coefficient (Wildman–Crippen LogP) is 5.24. The van der Waals surface area contributed by atoms with E-state index in [1.54, 1.807) is 54.6 Å². The second-order valence-electron chi connectivity index (χ2n) is 7.74. The molecule has 1 heterocycles. The van der Waals surface area contributed by atoms with Crippen molar-refractivity contribution in [1.29, 1.82) is 5.26 Å². The van der Waals surface area contributed by atoms with Gasteiger partial charge in [-0.3, -0.25) is 9.59 Å². The maximum Gasteiger partial charge on any atom is 0.337 e. The number of hydrogen-bond donors (Lipinski definition) is 2. The van der Waals surface area contributed by atoms with E-state index in [4.69, 9.17) is 4.74 Å². The van der Waals surface area contributed by atoms with Crippen LogP contribution in [0.5, 0.6) is 0 Å². The summed E-state index contributed by atoms with van der Waals surface area (Å²) in [7, 11) is 1.32. The van der Waals surface area contributed by atoms with Crippen LogP contribution in [0.4, 0.5) is 5.69 Å². The molecule has 7 nitrogen and oxygen atoms in total. The molecule has 0 fully saturated rings. The van der Waals surface area contributed by atoms with Gasteiger partial charge in [0.1, 0.15) is 6.07 Å². The molecule has 0 unspecified atom stereocenters. The molecular formula is C28H21N3O4S. The van der Waals surface area contributed by atoms with Gasteiger partial charge in [0.2, 0.25) is 5.56 Å². The fourth-order valence-electron chi connectivity index (χ4n) is 3.60. The van der Waals surface area contributed by atoms with Crippen molar-refractivity contribution >= 4 is 29.3 Å². The highest BCUT2D eigenvalue weighted by molar-refractivity contribution is 7.98. The summed E-state index contributed by atoms with van der Waals surface area (Å²) in [5.41, 5.74) is 3.25. The molecule has 0 saturated heterocycles. The van der Waals surface area contributed by atoms with Gasteiger partial charge in [-0.05, 0) is 47.5 Å². The van der Waals surface area contributed by atoms with Crippen molar-refractivity contribution in [3.05, 3.63) is 118 Å². The summed E-state index contributed by atoms with van der Waals surface area (Å²) in [6, 6.07) is 26.4. The number of pyridine rings is 1. The first-order valence-corrected chi connectivity index (χ1v) is 11.9. The highest BCUT2D eigenvalue weighted by Gasteiger charge is 2.16. The van der Waals surface area contributed by atoms with Crippen LogP contribution < -0.4 is 10.9 Å². The molecule has 178 valence electrons. The topological polar surface area (TPSA) is 112 Å². The molecule has 4 rings (SSSR count). The summed E-state index contributed by atoms with van der Waals surface area (Å²) in [5, 5.41) is 13.2. The van der Waals surface area contributed by atoms with Gasteiger partial charge >= 0.3 is 5.97 Å². The van der Waals surface area contributed by atoms with Gasteiger partial charge in [-0.15, -0.1) is 11.8 Å². The Morgan fingerprint density at radius 3 is 2.47 bits per heavy atom. The molecule has 1 aromatic heterocycles. The number of nitrogens with zero attached hydrogens (tertiary/aromatic N) is 1. The van der Waals surface area contributed by atoms with E-state index < -0.39 is 5.97 Å². The lowest BCUT2D eigenvalue weighted by Crippen LogP contribution is -2.12. The van der Waals surface area contributed by atoms with Crippen LogP contribution in [0.25, 0.3) is 11.1 Å². The van der Waals surface area contributed by atoms with Crippen molar-refractivity contribution in [2.45, 2.75) is 10.8 Å². The van der Waals surface area contributed by atoms with Gasteiger partial charge < -0.3 is 15.0 Å². The molecule has 0 saturated carbocycles. The number of methoxy groups -OCH3 is 1. The number of esters is 1. The Hall–Kier alpha value is -4.61. The number of para-hydroxylation sites is 1. The molecule has 36 heavy (non-hydrogen) atoms. The van der Waals surface area contributed by atoms with Crippen molar-refractivity contribution in [3.63, 3.8) is 0 Å². The van der Waals surface area contributed by atoms with E-state index in [0.717, 1.165) is 5.56 Å². The van der Waals surface area contributed by atoms with Crippen molar-refractivity contribution in [1.82, 2.24) is 4.98 Å². The first kappa shape index (κ1) is 24.5. The molecule has 0 bridgehead atoms. The number of nitrogens with one attached hydrogen (secondary N) is 2. The SMILES string of the molecule is COC(=O)c1cccc(CSc2[nH]c(=O)cc(-c3cccc(C(=O)Nc4ccccc4)c3)c2C#N)c1. The number of thioether (sulfide) groups is 1. The number of hydrogen-bond acceptors (Lipinski definition) is 6. The Balaban J connectivity index is 1.62. The fourth-order valence-corrected chi connectivity index (χ4v) is 4.56. The number of aromatic nitrogens is 1. The van der Waals surface area contributed by atoms with E-state index in [9.17, 15) is 19.6 Å². The fraction of sp³-hybridized carbons (Fsp3) is 0.0714. The first-order valence-electron chi connectivity index (χ1n) is 10.9. The average molecular weight is 496 g/mol. The van der Waals surface area contributed by atoms with Crippen LogP contribution in [0.1, 0.15) is 31.8 Å². The summed E-state index contributed by atoms with van der Waals surface area (Å²) in [6.07, 6.45) is 0. The number of amides is 1. The van der Waals surface area contributed by atoms with Crippen LogP contribution in [-0.4, -0.2) is 24.0 Å². The molecule has 0 radical (unpaired) electrons. The minimum absolute atomic E-state index is 0.296. The summed E-state index contributed by atoms with van der Waals surface area (Å²) in [5.74, 6) is -0.323. The number of anilines is 1. The molecule has 3 aromatic carbocycles. The number of aromatic amines is 1. The lowest BCUT2D eigenvalue weighted by atomic mass is 10.00. The van der Waals surface area contributed by atoms with Crippen LogP contribution >= 0.6 is 11.8 Å². The van der Waals surface area contributed by atoms with Crippen molar-refractivity contribution in [2.24, 2.45) is 0 Å². The maximum atomic E-state index is 12.8. The molecular weight excluding hydrogens is 474 g/mol. The Labute approximate surface area is 211 Å². The normalized spacial score (nSPS) is 10.3. The van der Waals surface area contributed by atoms with Crippen molar-refractivity contribution in [3.8, 4) is 17.2 Å². The largest absolute Gasteiger partial charge is 0.465 e. The van der Waals surface area contributed by atoms with Crippen LogP contribution in [0.2, 0.25) is 0 Å². The van der Waals surface area contributed by atoms with Crippen LogP contribution in [0.15, 0.2) is 94.7 Å². The number of nitriles is 1. The van der Waals surface area contributed by atoms with Crippen molar-refractivity contribution in [2.75, 3.05) is 12.4 Å². The number of carbonyl (C=O) groups is 2. The second kappa shape index (κ2) is 11.2. The minimum Gasteiger partial charge on any atom is -0.465 e. The monoisotopic (exact) mass is 495 g/mol. The van der Waals surface area contributed by atoms with E-state index in [1.165, 1.54) is 24.9 Å². The third-order valence-corrected chi connectivity index (χ3v) is 6.39. The molecule has 2 N–H and O–H groups in total. The third kappa shape index (κ3) is 5.71. The minimum atomic E-state index is -0.439. The highest BCUT2D eigenvalue weighted by Crippen LogP contribution is 2.31. The zero-order valence-corrected chi connectivity index (χ0v) is 20.1. The average Bonchev–Trinajstić information content (AvgIpc) is 2.92. The molecule has 0 spiro atoms. The predicted molar refractivity (Wildman–Crippen MR) is 139 cm³/mol. The van der Waals surface area contributed by atoms with Crippen LogP contribution in [0, 0.1) is 11.3 Å². The van der Waals surface area contributed by atoms with Gasteiger partial charge in [0, 0.05) is 28.6 Å². The van der Waals surface area contributed by atoms with Gasteiger partial charge in [-0.1, -0.05) is 42.5 Å². The quantitative estimate of drug-likeness (QED) is 0.268. The first-order chi connectivity index (χ1) is 17.5. The molecule has 0 aliphatic rings. The lowest BCUT2D eigenvalue weighted by molar-refractivity contribution is 0.0600. The summed E-state index contributed by atoms with van der Waals surface area (Å²) in [4.78, 5) is 39.8. The standard InChI is InChI=1S/C28H21N3O4S/c1-35-28(34)21-10-5-7-18(13-21)17-36-27-24(16-29)23(15-25(32)31-27)19-8-6-9-20(14-19)26(33)30-22-11-3-2-4-12-22/h2-15H,17H2,1H3,(H,30,33)(H,31,32). The van der Waals surface area contributed by atoms with Gasteiger partial charge in [-0.25, -0.2) is 4.79 Å². The molecule has 0 aliphatic heterocycles. The molecule has 4 aromatic rings. The van der Waals surface area contributed by atoms with Crippen LogP contribution in [0.3, 0.4) is 0 Å². The number of benzene rings is 3.